The summed E-state index contributed by atoms with van der Waals surface area (Å²) in [6, 6.07) is 0. The predicted octanol–water partition coefficient (Wildman–Crippen LogP) is 2.65. The molecule has 0 spiro atoms. The molecular weight excluding hydrogens is 280 g/mol. The Morgan fingerprint density at radius 2 is 1.82 bits per heavy atom. The topological polar surface area (TPSA) is 50.8 Å². The molecule has 2 rings (SSSR count). The lowest BCUT2D eigenvalue weighted by Gasteiger charge is -2.33. The van der Waals surface area contributed by atoms with Gasteiger partial charge in [0.2, 0.25) is 0 Å². The van der Waals surface area contributed by atoms with Crippen molar-refractivity contribution in [2.45, 2.75) is 52.1 Å². The van der Waals surface area contributed by atoms with E-state index in [4.69, 9.17) is 12.2 Å². The first-order chi connectivity index (χ1) is 11.2. The quantitative estimate of drug-likeness (QED) is 0.867. The van der Waals surface area contributed by atoms with E-state index in [-0.39, 0.29) is 12.0 Å². The number of hydrogen-bond acceptors (Lipinski definition) is 4. The summed E-state index contributed by atoms with van der Waals surface area (Å²) in [4.78, 5) is 13.7. The number of carbonyl (C=O) groups excluding carboxylic acids is 1. The highest BCUT2D eigenvalue weighted by Crippen LogP contribution is 2.21. The van der Waals surface area contributed by atoms with Crippen molar-refractivity contribution in [2.24, 2.45) is 11.8 Å². The number of hydrogen-bond donors (Lipinski definition) is 1. The molecule has 0 aromatic heterocycles. The van der Waals surface area contributed by atoms with Crippen LogP contribution >= 0.6 is 0 Å². The molecule has 2 saturated heterocycles. The van der Waals surface area contributed by atoms with E-state index in [0.717, 1.165) is 25.9 Å². The lowest BCUT2D eigenvalue weighted by Crippen LogP contribution is -2.42. The standard InChI is InChI=1S/C17H32N2O3/c1-17(2,3)22-16(20)19-10-6-15(7-11-19)13-21-12-14-4-8-18-9-5-14/h14-15,18H,4-13H2,1-3H3/i13D2. The van der Waals surface area contributed by atoms with Crippen LogP contribution in [0.4, 0.5) is 4.79 Å². The molecule has 0 radical (unpaired) electrons. The summed E-state index contributed by atoms with van der Waals surface area (Å²) in [7, 11) is 0. The normalized spacial score (nSPS) is 23.9. The number of piperidine rings is 2. The smallest absolute Gasteiger partial charge is 0.410 e. The molecule has 0 atom stereocenters. The minimum atomic E-state index is -1.62. The summed E-state index contributed by atoms with van der Waals surface area (Å²) < 4.78 is 27.5. The third-order valence-electron chi connectivity index (χ3n) is 4.17. The van der Waals surface area contributed by atoms with Gasteiger partial charge < -0.3 is 19.7 Å². The fourth-order valence-electron chi connectivity index (χ4n) is 2.84. The van der Waals surface area contributed by atoms with Crippen LogP contribution in [0.2, 0.25) is 0 Å². The largest absolute Gasteiger partial charge is 0.444 e. The van der Waals surface area contributed by atoms with Crippen molar-refractivity contribution in [2.75, 3.05) is 39.3 Å². The molecule has 2 heterocycles. The summed E-state index contributed by atoms with van der Waals surface area (Å²) in [6.45, 7) is 7.45. The molecule has 2 aliphatic rings. The summed E-state index contributed by atoms with van der Waals surface area (Å²) in [5, 5.41) is 3.31. The summed E-state index contributed by atoms with van der Waals surface area (Å²) >= 11 is 0. The molecule has 128 valence electrons. The average Bonchev–Trinajstić information content (AvgIpc) is 2.53. The van der Waals surface area contributed by atoms with Crippen molar-refractivity contribution < 1.29 is 17.0 Å². The minimum absolute atomic E-state index is 0.169. The van der Waals surface area contributed by atoms with Gasteiger partial charge in [-0.25, -0.2) is 4.79 Å². The van der Waals surface area contributed by atoms with Crippen molar-refractivity contribution in [3.8, 4) is 0 Å². The Morgan fingerprint density at radius 3 is 2.41 bits per heavy atom. The van der Waals surface area contributed by atoms with Crippen LogP contribution in [-0.2, 0) is 9.47 Å². The Hall–Kier alpha value is -0.810. The monoisotopic (exact) mass is 314 g/mol. The second-order valence-corrected chi connectivity index (χ2v) is 7.36. The van der Waals surface area contributed by atoms with Crippen LogP contribution < -0.4 is 5.32 Å². The molecule has 22 heavy (non-hydrogen) atoms. The number of ether oxygens (including phenoxy) is 2. The van der Waals surface area contributed by atoms with Gasteiger partial charge in [-0.05, 0) is 71.4 Å². The van der Waals surface area contributed by atoms with Crippen LogP contribution in [0.15, 0.2) is 0 Å². The van der Waals surface area contributed by atoms with E-state index in [9.17, 15) is 4.79 Å². The van der Waals surface area contributed by atoms with Gasteiger partial charge in [-0.3, -0.25) is 0 Å². The van der Waals surface area contributed by atoms with Crippen LogP contribution in [0.1, 0.15) is 49.2 Å². The van der Waals surface area contributed by atoms with Gasteiger partial charge in [0.15, 0.2) is 0 Å². The molecule has 2 aliphatic heterocycles. The lowest BCUT2D eigenvalue weighted by molar-refractivity contribution is 0.00824. The molecule has 5 nitrogen and oxygen atoms in total. The van der Waals surface area contributed by atoms with Gasteiger partial charge in [-0.2, -0.15) is 0 Å². The minimum Gasteiger partial charge on any atom is -0.444 e. The molecule has 1 amide bonds. The zero-order chi connectivity index (χ0) is 17.8. The van der Waals surface area contributed by atoms with Crippen LogP contribution in [0.3, 0.4) is 0 Å². The van der Waals surface area contributed by atoms with Gasteiger partial charge in [0.25, 0.3) is 0 Å². The van der Waals surface area contributed by atoms with Gasteiger partial charge in [0.1, 0.15) is 5.60 Å². The van der Waals surface area contributed by atoms with Gasteiger partial charge in [0.05, 0.1) is 2.74 Å². The first-order valence-electron chi connectivity index (χ1n) is 9.50. The molecule has 2 fully saturated rings. The second-order valence-electron chi connectivity index (χ2n) is 7.36. The summed E-state index contributed by atoms with van der Waals surface area (Å²) in [5.41, 5.74) is -0.500. The van der Waals surface area contributed by atoms with Gasteiger partial charge in [-0.1, -0.05) is 0 Å². The Morgan fingerprint density at radius 1 is 1.18 bits per heavy atom. The van der Waals surface area contributed by atoms with Gasteiger partial charge in [0, 0.05) is 26.3 Å². The van der Waals surface area contributed by atoms with E-state index in [0.29, 0.717) is 38.5 Å². The Kier molecular flexibility index (Phi) is 5.47. The van der Waals surface area contributed by atoms with E-state index in [2.05, 4.69) is 5.32 Å². The second kappa shape index (κ2) is 8.16. The molecule has 0 bridgehead atoms. The Balaban J connectivity index is 1.76. The average molecular weight is 314 g/mol. The van der Waals surface area contributed by atoms with Gasteiger partial charge >= 0.3 is 6.09 Å². The number of amides is 1. The van der Waals surface area contributed by atoms with Crippen molar-refractivity contribution in [3.05, 3.63) is 0 Å². The van der Waals surface area contributed by atoms with Crippen LogP contribution in [0.25, 0.3) is 0 Å². The number of carbonyl (C=O) groups is 1. The lowest BCUT2D eigenvalue weighted by atomic mass is 9.97. The number of rotatable bonds is 4. The number of likely N-dealkylation sites (tertiary alicyclic amines) is 1. The zero-order valence-electron chi connectivity index (χ0n) is 16.2. The highest BCUT2D eigenvalue weighted by Gasteiger charge is 2.27. The Labute approximate surface area is 137 Å². The fraction of sp³-hybridized carbons (Fsp3) is 0.941. The third-order valence-corrected chi connectivity index (χ3v) is 4.17. The van der Waals surface area contributed by atoms with Crippen molar-refractivity contribution >= 4 is 6.09 Å². The summed E-state index contributed by atoms with van der Waals surface area (Å²) in [5.74, 6) is 0.279. The fourth-order valence-corrected chi connectivity index (χ4v) is 2.84. The number of nitrogens with one attached hydrogen (secondary N) is 1. The highest BCUT2D eigenvalue weighted by atomic mass is 16.6. The zero-order valence-corrected chi connectivity index (χ0v) is 14.2. The van der Waals surface area contributed by atoms with Gasteiger partial charge in [-0.15, -0.1) is 0 Å². The maximum Gasteiger partial charge on any atom is 0.410 e. The maximum absolute atomic E-state index is 12.1. The molecule has 0 aliphatic carbocycles. The van der Waals surface area contributed by atoms with Crippen molar-refractivity contribution in [1.29, 1.82) is 0 Å². The predicted molar refractivity (Wildman–Crippen MR) is 86.9 cm³/mol. The third kappa shape index (κ3) is 6.13. The highest BCUT2D eigenvalue weighted by molar-refractivity contribution is 5.68. The SMILES string of the molecule is [2H]C([2H])(OCC1CCNCC1)C1CCN(C(=O)OC(C)(C)C)CC1. The van der Waals surface area contributed by atoms with E-state index in [1.807, 2.05) is 20.8 Å². The van der Waals surface area contributed by atoms with Crippen LogP contribution in [-0.4, -0.2) is 55.9 Å². The van der Waals surface area contributed by atoms with E-state index >= 15 is 0 Å². The molecule has 1 N–H and O–H groups in total. The molecule has 0 saturated carbocycles. The summed E-state index contributed by atoms with van der Waals surface area (Å²) in [6.07, 6.45) is 3.01. The van der Waals surface area contributed by atoms with Crippen molar-refractivity contribution in [1.82, 2.24) is 10.2 Å². The number of nitrogens with zero attached hydrogens (tertiary/aromatic N) is 1. The first kappa shape index (κ1) is 14.8. The van der Waals surface area contributed by atoms with Crippen LogP contribution in [0.5, 0.6) is 0 Å². The van der Waals surface area contributed by atoms with Crippen LogP contribution in [0, 0.1) is 11.8 Å². The molecule has 0 aromatic carbocycles. The first-order valence-corrected chi connectivity index (χ1v) is 8.50. The molecular formula is C17H32N2O3. The van der Waals surface area contributed by atoms with E-state index < -0.39 is 12.2 Å². The molecule has 5 heteroatoms. The molecule has 0 unspecified atom stereocenters. The van der Waals surface area contributed by atoms with E-state index in [1.165, 1.54) is 0 Å². The van der Waals surface area contributed by atoms with E-state index in [1.54, 1.807) is 4.90 Å². The Bertz CT molecular complexity index is 413. The molecule has 0 aromatic rings. The van der Waals surface area contributed by atoms with Crippen molar-refractivity contribution in [3.63, 3.8) is 0 Å². The maximum atomic E-state index is 12.1.